The van der Waals surface area contributed by atoms with Crippen molar-refractivity contribution in [3.05, 3.63) is 48.3 Å². The van der Waals surface area contributed by atoms with E-state index in [-0.39, 0.29) is 24.6 Å². The Morgan fingerprint density at radius 1 is 1.05 bits per heavy atom. The fourth-order valence-corrected chi connectivity index (χ4v) is 1.85. The Hall–Kier alpha value is -2.56. The highest BCUT2D eigenvalue weighted by Gasteiger charge is 2.10. The quantitative estimate of drug-likeness (QED) is 0.602. The number of carbonyl (C=O) groups is 2. The molecule has 0 N–H and O–H groups in total. The van der Waals surface area contributed by atoms with Crippen molar-refractivity contribution in [2.75, 3.05) is 6.61 Å². The van der Waals surface area contributed by atoms with Crippen LogP contribution in [0.3, 0.4) is 0 Å². The van der Waals surface area contributed by atoms with Crippen LogP contribution < -0.4 is 0 Å². The first-order valence-corrected chi connectivity index (χ1v) is 6.77. The molecule has 21 heavy (non-hydrogen) atoms. The largest absolute Gasteiger partial charge is 0.466 e. The van der Waals surface area contributed by atoms with Crippen LogP contribution in [0.25, 0.3) is 11.4 Å². The van der Waals surface area contributed by atoms with Crippen LogP contribution in [-0.4, -0.2) is 28.3 Å². The van der Waals surface area contributed by atoms with E-state index in [0.29, 0.717) is 18.0 Å². The molecule has 0 amide bonds. The molecule has 0 atom stereocenters. The highest BCUT2D eigenvalue weighted by atomic mass is 16.5. The van der Waals surface area contributed by atoms with Crippen LogP contribution >= 0.6 is 0 Å². The maximum Gasteiger partial charge on any atom is 0.306 e. The van der Waals surface area contributed by atoms with Gasteiger partial charge >= 0.3 is 5.97 Å². The van der Waals surface area contributed by atoms with E-state index < -0.39 is 0 Å². The van der Waals surface area contributed by atoms with Gasteiger partial charge < -0.3 is 4.74 Å². The monoisotopic (exact) mass is 284 g/mol. The summed E-state index contributed by atoms with van der Waals surface area (Å²) in [5.74, 6) is 0.187. The molecule has 1 heterocycles. The second-order valence-electron chi connectivity index (χ2n) is 4.38. The summed E-state index contributed by atoms with van der Waals surface area (Å²) >= 11 is 0. The Bertz CT molecular complexity index is 609. The third-order valence-corrected chi connectivity index (χ3v) is 2.89. The first-order valence-electron chi connectivity index (χ1n) is 6.77. The van der Waals surface area contributed by atoms with E-state index >= 15 is 0 Å². The molecule has 0 saturated carbocycles. The van der Waals surface area contributed by atoms with Gasteiger partial charge in [-0.05, 0) is 13.0 Å². The number of rotatable bonds is 6. The summed E-state index contributed by atoms with van der Waals surface area (Å²) in [4.78, 5) is 31.5. The van der Waals surface area contributed by atoms with E-state index in [1.807, 2.05) is 0 Å². The second kappa shape index (κ2) is 7.28. The predicted octanol–water partition coefficient (Wildman–Crippen LogP) is 2.67. The topological polar surface area (TPSA) is 69.2 Å². The molecule has 5 nitrogen and oxygen atoms in total. The van der Waals surface area contributed by atoms with Crippen LogP contribution in [0.2, 0.25) is 0 Å². The smallest absolute Gasteiger partial charge is 0.306 e. The van der Waals surface area contributed by atoms with Crippen molar-refractivity contribution >= 4 is 11.8 Å². The molecule has 0 fully saturated rings. The van der Waals surface area contributed by atoms with E-state index in [0.717, 1.165) is 5.56 Å². The van der Waals surface area contributed by atoms with Crippen molar-refractivity contribution in [1.29, 1.82) is 0 Å². The summed E-state index contributed by atoms with van der Waals surface area (Å²) in [6.07, 6.45) is 3.59. The SMILES string of the molecule is CCOC(=O)CCC(=O)c1ccc(-c2ncccn2)cc1. The summed E-state index contributed by atoms with van der Waals surface area (Å²) in [6.45, 7) is 2.07. The Labute approximate surface area is 123 Å². The van der Waals surface area contributed by atoms with Crippen LogP contribution in [0.4, 0.5) is 0 Å². The minimum absolute atomic E-state index is 0.0800. The first-order chi connectivity index (χ1) is 10.2. The molecule has 0 aliphatic carbocycles. The summed E-state index contributed by atoms with van der Waals surface area (Å²) in [5.41, 5.74) is 1.41. The Balaban J connectivity index is 1.99. The van der Waals surface area contributed by atoms with Gasteiger partial charge in [0.25, 0.3) is 0 Å². The average Bonchev–Trinajstić information content (AvgIpc) is 2.54. The lowest BCUT2D eigenvalue weighted by Crippen LogP contribution is -2.07. The van der Waals surface area contributed by atoms with Crippen molar-refractivity contribution in [3.63, 3.8) is 0 Å². The Morgan fingerprint density at radius 2 is 1.71 bits per heavy atom. The molecule has 1 aromatic heterocycles. The van der Waals surface area contributed by atoms with E-state index in [1.165, 1.54) is 0 Å². The number of benzene rings is 1. The van der Waals surface area contributed by atoms with Crippen LogP contribution in [-0.2, 0) is 9.53 Å². The Kier molecular flexibility index (Phi) is 5.15. The lowest BCUT2D eigenvalue weighted by atomic mass is 10.0. The number of ketones is 1. The van der Waals surface area contributed by atoms with Crippen molar-refractivity contribution in [1.82, 2.24) is 9.97 Å². The molecule has 0 aliphatic heterocycles. The number of carbonyl (C=O) groups excluding carboxylic acids is 2. The molecular weight excluding hydrogens is 268 g/mol. The summed E-state index contributed by atoms with van der Waals surface area (Å²) in [5, 5.41) is 0. The van der Waals surface area contributed by atoms with E-state index in [4.69, 9.17) is 4.74 Å². The number of Topliss-reactive ketones (excluding diaryl/α,β-unsaturated/α-hetero) is 1. The standard InChI is InChI=1S/C16H16N2O3/c1-2-21-15(20)9-8-14(19)12-4-6-13(7-5-12)16-17-10-3-11-18-16/h3-7,10-11H,2,8-9H2,1H3. The third kappa shape index (κ3) is 4.21. The van der Waals surface area contributed by atoms with Gasteiger partial charge in [0.05, 0.1) is 13.0 Å². The number of ether oxygens (including phenoxy) is 1. The molecule has 0 aliphatic rings. The van der Waals surface area contributed by atoms with Crippen molar-refractivity contribution < 1.29 is 14.3 Å². The van der Waals surface area contributed by atoms with Gasteiger partial charge in [-0.2, -0.15) is 0 Å². The van der Waals surface area contributed by atoms with Gasteiger partial charge in [0.15, 0.2) is 11.6 Å². The lowest BCUT2D eigenvalue weighted by molar-refractivity contribution is -0.143. The number of hydrogen-bond donors (Lipinski definition) is 0. The molecule has 0 unspecified atom stereocenters. The van der Waals surface area contributed by atoms with Crippen molar-refractivity contribution in [2.45, 2.75) is 19.8 Å². The molecule has 2 aromatic rings. The highest BCUT2D eigenvalue weighted by molar-refractivity contribution is 5.97. The van der Waals surface area contributed by atoms with E-state index in [9.17, 15) is 9.59 Å². The molecule has 5 heteroatoms. The maximum atomic E-state index is 12.0. The third-order valence-electron chi connectivity index (χ3n) is 2.89. The molecule has 0 bridgehead atoms. The molecular formula is C16H16N2O3. The van der Waals surface area contributed by atoms with Crippen LogP contribution in [0.5, 0.6) is 0 Å². The molecule has 0 saturated heterocycles. The average molecular weight is 284 g/mol. The van der Waals surface area contributed by atoms with Gasteiger partial charge in [-0.15, -0.1) is 0 Å². The van der Waals surface area contributed by atoms with E-state index in [1.54, 1.807) is 49.6 Å². The number of aromatic nitrogens is 2. The van der Waals surface area contributed by atoms with Crippen LogP contribution in [0, 0.1) is 0 Å². The normalized spacial score (nSPS) is 10.1. The molecule has 0 spiro atoms. The zero-order chi connectivity index (χ0) is 15.1. The van der Waals surface area contributed by atoms with Gasteiger partial charge in [-0.3, -0.25) is 9.59 Å². The minimum atomic E-state index is -0.347. The zero-order valence-corrected chi connectivity index (χ0v) is 11.8. The molecule has 0 radical (unpaired) electrons. The molecule has 108 valence electrons. The molecule has 1 aromatic carbocycles. The number of nitrogens with zero attached hydrogens (tertiary/aromatic N) is 2. The second-order valence-corrected chi connectivity index (χ2v) is 4.38. The van der Waals surface area contributed by atoms with Crippen molar-refractivity contribution in [2.24, 2.45) is 0 Å². The predicted molar refractivity (Wildman–Crippen MR) is 77.7 cm³/mol. The summed E-state index contributed by atoms with van der Waals surface area (Å²) in [6, 6.07) is 8.79. The fourth-order valence-electron chi connectivity index (χ4n) is 1.85. The fraction of sp³-hybridized carbons (Fsp3) is 0.250. The van der Waals surface area contributed by atoms with Gasteiger partial charge in [0, 0.05) is 29.9 Å². The van der Waals surface area contributed by atoms with Gasteiger partial charge in [-0.25, -0.2) is 9.97 Å². The number of hydrogen-bond acceptors (Lipinski definition) is 5. The maximum absolute atomic E-state index is 12.0. The molecule has 2 rings (SSSR count). The first kappa shape index (κ1) is 14.8. The van der Waals surface area contributed by atoms with Crippen LogP contribution in [0.1, 0.15) is 30.1 Å². The number of esters is 1. The van der Waals surface area contributed by atoms with Crippen molar-refractivity contribution in [3.8, 4) is 11.4 Å². The van der Waals surface area contributed by atoms with Crippen LogP contribution in [0.15, 0.2) is 42.7 Å². The van der Waals surface area contributed by atoms with Gasteiger partial charge in [-0.1, -0.05) is 24.3 Å². The summed E-state index contributed by atoms with van der Waals surface area (Å²) < 4.78 is 4.80. The minimum Gasteiger partial charge on any atom is -0.466 e. The van der Waals surface area contributed by atoms with Gasteiger partial charge in [0.2, 0.25) is 0 Å². The lowest BCUT2D eigenvalue weighted by Gasteiger charge is -2.03. The highest BCUT2D eigenvalue weighted by Crippen LogP contribution is 2.16. The zero-order valence-electron chi connectivity index (χ0n) is 11.8. The Morgan fingerprint density at radius 3 is 2.33 bits per heavy atom. The summed E-state index contributed by atoms with van der Waals surface area (Å²) in [7, 11) is 0. The van der Waals surface area contributed by atoms with Gasteiger partial charge in [0.1, 0.15) is 0 Å². The van der Waals surface area contributed by atoms with E-state index in [2.05, 4.69) is 9.97 Å².